The van der Waals surface area contributed by atoms with Gasteiger partial charge in [-0.1, -0.05) is 48.9 Å². The highest BCUT2D eigenvalue weighted by atomic mass is 16.5. The molecule has 0 bridgehead atoms. The van der Waals surface area contributed by atoms with Crippen molar-refractivity contribution in [2.24, 2.45) is 0 Å². The third-order valence-electron chi connectivity index (χ3n) is 5.79. The molecule has 1 aliphatic rings. The monoisotopic (exact) mass is 397 g/mol. The number of ether oxygens (including phenoxy) is 1. The SMILES string of the molecule is c1ccc(-n2c(-c3cccc(OCCN4CCCCC4)c3)nc3ccccc32)cc1. The maximum Gasteiger partial charge on any atom is 0.145 e. The normalized spacial score (nSPS) is 14.8. The Bertz CT molecular complexity index is 1110. The van der Waals surface area contributed by atoms with Gasteiger partial charge in [0.25, 0.3) is 0 Å². The molecule has 4 heteroatoms. The largest absolute Gasteiger partial charge is 0.492 e. The number of hydrogen-bond acceptors (Lipinski definition) is 3. The lowest BCUT2D eigenvalue weighted by Crippen LogP contribution is -2.33. The first-order valence-corrected chi connectivity index (χ1v) is 10.9. The highest BCUT2D eigenvalue weighted by Gasteiger charge is 2.15. The summed E-state index contributed by atoms with van der Waals surface area (Å²) in [4.78, 5) is 7.46. The lowest BCUT2D eigenvalue weighted by atomic mass is 10.1. The van der Waals surface area contributed by atoms with Gasteiger partial charge in [-0.3, -0.25) is 9.47 Å². The van der Waals surface area contributed by atoms with Crippen LogP contribution in [0.2, 0.25) is 0 Å². The minimum Gasteiger partial charge on any atom is -0.492 e. The van der Waals surface area contributed by atoms with E-state index in [1.165, 1.54) is 32.4 Å². The van der Waals surface area contributed by atoms with Gasteiger partial charge in [-0.15, -0.1) is 0 Å². The Morgan fingerprint density at radius 3 is 2.47 bits per heavy atom. The van der Waals surface area contributed by atoms with E-state index in [0.717, 1.165) is 47.0 Å². The predicted octanol–water partition coefficient (Wildman–Crippen LogP) is 5.56. The topological polar surface area (TPSA) is 30.3 Å². The number of nitrogens with zero attached hydrogens (tertiary/aromatic N) is 3. The average molecular weight is 398 g/mol. The third kappa shape index (κ3) is 3.96. The number of benzene rings is 3. The summed E-state index contributed by atoms with van der Waals surface area (Å²) in [6.07, 6.45) is 3.98. The average Bonchev–Trinajstić information content (AvgIpc) is 3.20. The molecule has 3 aromatic carbocycles. The minimum atomic E-state index is 0.721. The van der Waals surface area contributed by atoms with Gasteiger partial charge in [0.15, 0.2) is 0 Å². The highest BCUT2D eigenvalue weighted by molar-refractivity contribution is 5.83. The molecule has 0 N–H and O–H groups in total. The first kappa shape index (κ1) is 18.9. The summed E-state index contributed by atoms with van der Waals surface area (Å²) in [7, 11) is 0. The molecule has 1 aromatic heterocycles. The molecule has 1 saturated heterocycles. The molecule has 1 fully saturated rings. The van der Waals surface area contributed by atoms with Crippen molar-refractivity contribution in [1.82, 2.24) is 14.5 Å². The summed E-state index contributed by atoms with van der Waals surface area (Å²) >= 11 is 0. The van der Waals surface area contributed by atoms with Crippen molar-refractivity contribution in [2.75, 3.05) is 26.2 Å². The van der Waals surface area contributed by atoms with Crippen LogP contribution in [0.15, 0.2) is 78.9 Å². The van der Waals surface area contributed by atoms with E-state index < -0.39 is 0 Å². The van der Waals surface area contributed by atoms with Gasteiger partial charge in [0.2, 0.25) is 0 Å². The number of piperidine rings is 1. The third-order valence-corrected chi connectivity index (χ3v) is 5.79. The van der Waals surface area contributed by atoms with E-state index in [0.29, 0.717) is 0 Å². The summed E-state index contributed by atoms with van der Waals surface area (Å²) in [6.45, 7) is 4.11. The number of likely N-dealkylation sites (tertiary alicyclic amines) is 1. The second kappa shape index (κ2) is 8.72. The van der Waals surface area contributed by atoms with Crippen molar-refractivity contribution in [2.45, 2.75) is 19.3 Å². The van der Waals surface area contributed by atoms with E-state index in [2.05, 4.69) is 70.1 Å². The fraction of sp³-hybridized carbons (Fsp3) is 0.269. The molecule has 0 atom stereocenters. The molecule has 1 aliphatic heterocycles. The molecule has 0 spiro atoms. The number of para-hydroxylation sites is 3. The molecule has 0 aliphatic carbocycles. The van der Waals surface area contributed by atoms with Crippen LogP contribution >= 0.6 is 0 Å². The predicted molar refractivity (Wildman–Crippen MR) is 122 cm³/mol. The Morgan fingerprint density at radius 1 is 0.800 bits per heavy atom. The van der Waals surface area contributed by atoms with Gasteiger partial charge in [0, 0.05) is 17.8 Å². The number of rotatable bonds is 6. The van der Waals surface area contributed by atoms with Gasteiger partial charge < -0.3 is 4.74 Å². The van der Waals surface area contributed by atoms with Crippen LogP contribution in [-0.4, -0.2) is 40.7 Å². The van der Waals surface area contributed by atoms with Crippen molar-refractivity contribution in [3.63, 3.8) is 0 Å². The Labute approximate surface area is 177 Å². The van der Waals surface area contributed by atoms with Crippen LogP contribution in [0.25, 0.3) is 28.1 Å². The molecular weight excluding hydrogens is 370 g/mol. The van der Waals surface area contributed by atoms with Crippen LogP contribution in [0.3, 0.4) is 0 Å². The summed E-state index contributed by atoms with van der Waals surface area (Å²) < 4.78 is 8.34. The summed E-state index contributed by atoms with van der Waals surface area (Å²) in [6, 6.07) is 27.0. The fourth-order valence-electron chi connectivity index (χ4n) is 4.26. The van der Waals surface area contributed by atoms with Crippen molar-refractivity contribution in [1.29, 1.82) is 0 Å². The van der Waals surface area contributed by atoms with E-state index in [1.54, 1.807) is 0 Å². The molecule has 2 heterocycles. The smallest absolute Gasteiger partial charge is 0.145 e. The van der Waals surface area contributed by atoms with Gasteiger partial charge in [-0.25, -0.2) is 4.98 Å². The van der Waals surface area contributed by atoms with Gasteiger partial charge in [-0.2, -0.15) is 0 Å². The van der Waals surface area contributed by atoms with Gasteiger partial charge >= 0.3 is 0 Å². The Morgan fingerprint density at radius 2 is 1.60 bits per heavy atom. The van der Waals surface area contributed by atoms with Crippen molar-refractivity contribution in [3.8, 4) is 22.8 Å². The van der Waals surface area contributed by atoms with E-state index in [-0.39, 0.29) is 0 Å². The van der Waals surface area contributed by atoms with Crippen molar-refractivity contribution < 1.29 is 4.74 Å². The summed E-state index contributed by atoms with van der Waals surface area (Å²) in [5.74, 6) is 1.83. The fourth-order valence-corrected chi connectivity index (χ4v) is 4.26. The van der Waals surface area contributed by atoms with Crippen molar-refractivity contribution >= 4 is 11.0 Å². The van der Waals surface area contributed by atoms with Crippen LogP contribution < -0.4 is 4.74 Å². The number of imidazole rings is 1. The van der Waals surface area contributed by atoms with Gasteiger partial charge in [0.05, 0.1) is 11.0 Å². The number of hydrogen-bond donors (Lipinski definition) is 0. The Kier molecular flexibility index (Phi) is 5.49. The van der Waals surface area contributed by atoms with Crippen LogP contribution in [0.4, 0.5) is 0 Å². The summed E-state index contributed by atoms with van der Waals surface area (Å²) in [5, 5.41) is 0. The maximum atomic E-state index is 6.11. The van der Waals surface area contributed by atoms with E-state index in [9.17, 15) is 0 Å². The van der Waals surface area contributed by atoms with E-state index >= 15 is 0 Å². The molecular formula is C26H27N3O. The molecule has 0 radical (unpaired) electrons. The molecule has 0 amide bonds. The highest BCUT2D eigenvalue weighted by Crippen LogP contribution is 2.30. The minimum absolute atomic E-state index is 0.721. The number of fused-ring (bicyclic) bond motifs is 1. The lowest BCUT2D eigenvalue weighted by molar-refractivity contribution is 0.183. The van der Waals surface area contributed by atoms with Crippen LogP contribution in [0, 0.1) is 0 Å². The van der Waals surface area contributed by atoms with Crippen LogP contribution in [0.1, 0.15) is 19.3 Å². The zero-order valence-corrected chi connectivity index (χ0v) is 17.2. The van der Waals surface area contributed by atoms with Crippen molar-refractivity contribution in [3.05, 3.63) is 78.9 Å². The molecule has 5 rings (SSSR count). The maximum absolute atomic E-state index is 6.11. The second-order valence-corrected chi connectivity index (χ2v) is 7.87. The Balaban J connectivity index is 1.43. The standard InChI is InChI=1S/C26H27N3O/c1-3-11-22(12-4-1)29-25-15-6-5-14-24(25)27-26(29)21-10-9-13-23(20-21)30-19-18-28-16-7-2-8-17-28/h1,3-6,9-15,20H,2,7-8,16-19H2. The van der Waals surface area contributed by atoms with E-state index in [1.807, 2.05) is 18.2 Å². The molecule has 0 saturated carbocycles. The zero-order chi connectivity index (χ0) is 20.2. The van der Waals surface area contributed by atoms with Gasteiger partial charge in [0.1, 0.15) is 18.2 Å². The second-order valence-electron chi connectivity index (χ2n) is 7.87. The zero-order valence-electron chi connectivity index (χ0n) is 17.2. The number of aromatic nitrogens is 2. The van der Waals surface area contributed by atoms with Gasteiger partial charge in [-0.05, 0) is 62.3 Å². The molecule has 4 nitrogen and oxygen atoms in total. The lowest BCUT2D eigenvalue weighted by Gasteiger charge is -2.26. The first-order chi connectivity index (χ1) is 14.9. The molecule has 0 unspecified atom stereocenters. The molecule has 152 valence electrons. The Hall–Kier alpha value is -3.11. The van der Waals surface area contributed by atoms with Crippen LogP contribution in [0.5, 0.6) is 5.75 Å². The van der Waals surface area contributed by atoms with E-state index in [4.69, 9.17) is 9.72 Å². The van der Waals surface area contributed by atoms with Crippen LogP contribution in [-0.2, 0) is 0 Å². The molecule has 30 heavy (non-hydrogen) atoms. The molecule has 4 aromatic rings. The first-order valence-electron chi connectivity index (χ1n) is 10.9. The summed E-state index contributed by atoms with van der Waals surface area (Å²) in [5.41, 5.74) is 4.27. The quantitative estimate of drug-likeness (QED) is 0.427.